The number of rotatable bonds is 6. The molecule has 0 bridgehead atoms. The van der Waals surface area contributed by atoms with Crippen LogP contribution in [0.4, 0.5) is 0 Å². The first kappa shape index (κ1) is 19.4. The zero-order valence-electron chi connectivity index (χ0n) is 14.6. The van der Waals surface area contributed by atoms with Crippen LogP contribution in [0.1, 0.15) is 36.1 Å². The Balaban J connectivity index is 2.57. The van der Waals surface area contributed by atoms with E-state index in [0.717, 1.165) is 5.56 Å². The van der Waals surface area contributed by atoms with E-state index in [0.29, 0.717) is 16.4 Å². The first-order valence-corrected chi connectivity index (χ1v) is 9.29. The minimum absolute atomic E-state index is 0.0792. The molecule has 2 unspecified atom stereocenters. The van der Waals surface area contributed by atoms with E-state index in [1.807, 2.05) is 6.92 Å². The largest absolute Gasteiger partial charge is 0.469 e. The van der Waals surface area contributed by atoms with Gasteiger partial charge in [0.15, 0.2) is 0 Å². The average Bonchev–Trinajstić information content (AvgIpc) is 2.84. The lowest BCUT2D eigenvalue weighted by atomic mass is 10.00. The SMILES string of the molecule is CCOP1(=O)OC(CC(=O)OC)c2cc(C)cc(C=CC(=O)OC)c21. The molecule has 0 amide bonds. The molecule has 0 aliphatic carbocycles. The topological polar surface area (TPSA) is 88.1 Å². The molecule has 1 aromatic carbocycles. The van der Waals surface area contributed by atoms with Crippen LogP contribution >= 0.6 is 7.60 Å². The Labute approximate surface area is 146 Å². The van der Waals surface area contributed by atoms with E-state index in [9.17, 15) is 14.2 Å². The Morgan fingerprint density at radius 3 is 2.60 bits per heavy atom. The summed E-state index contributed by atoms with van der Waals surface area (Å²) in [5.41, 5.74) is 2.00. The molecule has 1 heterocycles. The molecule has 1 aliphatic rings. The van der Waals surface area contributed by atoms with Crippen LogP contribution in [0.5, 0.6) is 0 Å². The van der Waals surface area contributed by atoms with Gasteiger partial charge in [-0.2, -0.15) is 0 Å². The third-order valence-electron chi connectivity index (χ3n) is 3.68. The molecule has 0 N–H and O–H groups in total. The number of hydrogen-bond donors (Lipinski definition) is 0. The predicted octanol–water partition coefficient (Wildman–Crippen LogP) is 2.67. The fourth-order valence-electron chi connectivity index (χ4n) is 2.67. The van der Waals surface area contributed by atoms with Crippen LogP contribution in [0.15, 0.2) is 18.2 Å². The molecule has 7 nitrogen and oxygen atoms in total. The Bertz CT molecular complexity index is 754. The normalized spacial score (nSPS) is 22.0. The Morgan fingerprint density at radius 2 is 2.00 bits per heavy atom. The first-order chi connectivity index (χ1) is 11.8. The monoisotopic (exact) mass is 368 g/mol. The second-order valence-electron chi connectivity index (χ2n) is 5.44. The smallest absolute Gasteiger partial charge is 0.362 e. The van der Waals surface area contributed by atoms with Crippen LogP contribution in [-0.2, 0) is 32.7 Å². The van der Waals surface area contributed by atoms with Crippen molar-refractivity contribution in [2.75, 3.05) is 20.8 Å². The maximum absolute atomic E-state index is 13.2. The molecule has 1 aromatic rings. The molecule has 136 valence electrons. The highest BCUT2D eigenvalue weighted by Crippen LogP contribution is 2.59. The van der Waals surface area contributed by atoms with Crippen molar-refractivity contribution in [2.24, 2.45) is 0 Å². The molecule has 0 aromatic heterocycles. The summed E-state index contributed by atoms with van der Waals surface area (Å²) in [5, 5.41) is 0.369. The molecular weight excluding hydrogens is 347 g/mol. The number of benzene rings is 1. The van der Waals surface area contributed by atoms with Crippen molar-refractivity contribution in [1.82, 2.24) is 0 Å². The van der Waals surface area contributed by atoms with Crippen LogP contribution < -0.4 is 5.30 Å². The van der Waals surface area contributed by atoms with Gasteiger partial charge in [-0.25, -0.2) is 4.79 Å². The quantitative estimate of drug-likeness (QED) is 0.433. The van der Waals surface area contributed by atoms with E-state index in [1.165, 1.54) is 26.4 Å². The second-order valence-corrected chi connectivity index (χ2v) is 7.35. The minimum Gasteiger partial charge on any atom is -0.469 e. The number of esters is 2. The van der Waals surface area contributed by atoms with Crippen LogP contribution in [0.3, 0.4) is 0 Å². The summed E-state index contributed by atoms with van der Waals surface area (Å²) in [7, 11) is -1.07. The van der Waals surface area contributed by atoms with Gasteiger partial charge in [0.25, 0.3) is 0 Å². The fourth-order valence-corrected chi connectivity index (χ4v) is 4.81. The van der Waals surface area contributed by atoms with Gasteiger partial charge in [0.1, 0.15) is 6.10 Å². The summed E-state index contributed by atoms with van der Waals surface area (Å²) in [6.45, 7) is 3.74. The van der Waals surface area contributed by atoms with Crippen molar-refractivity contribution in [3.05, 3.63) is 34.9 Å². The zero-order chi connectivity index (χ0) is 18.6. The van der Waals surface area contributed by atoms with E-state index in [-0.39, 0.29) is 13.0 Å². The fraction of sp³-hybridized carbons (Fsp3) is 0.412. The molecule has 2 atom stereocenters. The van der Waals surface area contributed by atoms with Gasteiger partial charge < -0.3 is 14.0 Å². The maximum Gasteiger partial charge on any atom is 0.362 e. The average molecular weight is 368 g/mol. The molecule has 0 spiro atoms. The van der Waals surface area contributed by atoms with Crippen LogP contribution in [0.2, 0.25) is 0 Å². The first-order valence-electron chi connectivity index (χ1n) is 7.75. The summed E-state index contributed by atoms with van der Waals surface area (Å²) in [6, 6.07) is 3.57. The molecule has 1 aliphatic heterocycles. The lowest BCUT2D eigenvalue weighted by molar-refractivity contribution is -0.142. The second kappa shape index (κ2) is 7.95. The zero-order valence-corrected chi connectivity index (χ0v) is 15.5. The highest BCUT2D eigenvalue weighted by Gasteiger charge is 2.44. The van der Waals surface area contributed by atoms with Crippen molar-refractivity contribution >= 4 is 30.9 Å². The maximum atomic E-state index is 13.2. The summed E-state index contributed by atoms with van der Waals surface area (Å²) in [6.07, 6.45) is 1.93. The van der Waals surface area contributed by atoms with Gasteiger partial charge in [-0.1, -0.05) is 17.7 Å². The van der Waals surface area contributed by atoms with Crippen LogP contribution in [-0.4, -0.2) is 32.8 Å². The molecule has 25 heavy (non-hydrogen) atoms. The van der Waals surface area contributed by atoms with Gasteiger partial charge in [0.2, 0.25) is 0 Å². The molecule has 0 saturated carbocycles. The highest BCUT2D eigenvalue weighted by atomic mass is 31.2. The van der Waals surface area contributed by atoms with E-state index in [2.05, 4.69) is 9.47 Å². The van der Waals surface area contributed by atoms with Gasteiger partial charge in [-0.15, -0.1) is 0 Å². The number of carbonyl (C=O) groups is 2. The molecular formula is C17H21O7P. The predicted molar refractivity (Wildman–Crippen MR) is 91.6 cm³/mol. The summed E-state index contributed by atoms with van der Waals surface area (Å²) in [5.74, 6) is -1.01. The Hall–Kier alpha value is -1.95. The molecule has 2 rings (SSSR count). The number of hydrogen-bond acceptors (Lipinski definition) is 7. The molecule has 0 fully saturated rings. The third kappa shape index (κ3) is 4.18. The Kier molecular flexibility index (Phi) is 6.16. The minimum atomic E-state index is -3.62. The summed E-state index contributed by atoms with van der Waals surface area (Å²) < 4.78 is 33.5. The highest BCUT2D eigenvalue weighted by molar-refractivity contribution is 7.62. The van der Waals surface area contributed by atoms with Crippen molar-refractivity contribution in [1.29, 1.82) is 0 Å². The number of fused-ring (bicyclic) bond motifs is 1. The molecule has 0 saturated heterocycles. The van der Waals surface area contributed by atoms with Gasteiger partial charge in [0.05, 0.1) is 32.6 Å². The van der Waals surface area contributed by atoms with Crippen LogP contribution in [0, 0.1) is 6.92 Å². The van der Waals surface area contributed by atoms with E-state index >= 15 is 0 Å². The van der Waals surface area contributed by atoms with Crippen molar-refractivity contribution in [3.63, 3.8) is 0 Å². The van der Waals surface area contributed by atoms with Gasteiger partial charge in [-0.05, 0) is 31.1 Å². The standard InChI is InChI=1S/C17H21O7P/c1-5-23-25(20)17-12(6-7-15(18)21-3)8-11(2)9-13(17)14(24-25)10-16(19)22-4/h6-9,14H,5,10H2,1-4H3. The summed E-state index contributed by atoms with van der Waals surface area (Å²) in [4.78, 5) is 23.1. The van der Waals surface area contributed by atoms with Crippen molar-refractivity contribution in [3.8, 4) is 0 Å². The van der Waals surface area contributed by atoms with E-state index < -0.39 is 25.6 Å². The van der Waals surface area contributed by atoms with Gasteiger partial charge in [0, 0.05) is 6.08 Å². The lowest BCUT2D eigenvalue weighted by Gasteiger charge is -2.14. The number of methoxy groups -OCH3 is 2. The third-order valence-corrected chi connectivity index (χ3v) is 5.87. The lowest BCUT2D eigenvalue weighted by Crippen LogP contribution is -2.13. The van der Waals surface area contributed by atoms with Crippen molar-refractivity contribution < 1.29 is 32.7 Å². The van der Waals surface area contributed by atoms with E-state index in [4.69, 9.17) is 9.05 Å². The number of carbonyl (C=O) groups excluding carboxylic acids is 2. The van der Waals surface area contributed by atoms with E-state index in [1.54, 1.807) is 19.1 Å². The van der Waals surface area contributed by atoms with Crippen molar-refractivity contribution in [2.45, 2.75) is 26.4 Å². The molecule has 8 heteroatoms. The van der Waals surface area contributed by atoms with Gasteiger partial charge >= 0.3 is 19.5 Å². The molecule has 0 radical (unpaired) electrons. The Morgan fingerprint density at radius 1 is 1.28 bits per heavy atom. The number of aryl methyl sites for hydroxylation is 1. The van der Waals surface area contributed by atoms with Gasteiger partial charge in [-0.3, -0.25) is 13.9 Å². The van der Waals surface area contributed by atoms with Crippen LogP contribution in [0.25, 0.3) is 6.08 Å². The number of ether oxygens (including phenoxy) is 2. The summed E-state index contributed by atoms with van der Waals surface area (Å²) >= 11 is 0.